The van der Waals surface area contributed by atoms with Crippen molar-refractivity contribution in [1.82, 2.24) is 10.3 Å². The molecule has 0 aromatic carbocycles. The monoisotopic (exact) mass is 194 g/mol. The Hall–Kier alpha value is -0.960. The van der Waals surface area contributed by atoms with Crippen molar-refractivity contribution in [3.63, 3.8) is 0 Å². The lowest BCUT2D eigenvalue weighted by Gasteiger charge is -2.23. The molecule has 0 aliphatic carbocycles. The van der Waals surface area contributed by atoms with Crippen molar-refractivity contribution in [1.29, 1.82) is 0 Å². The van der Waals surface area contributed by atoms with Crippen LogP contribution in [-0.4, -0.2) is 24.2 Å². The number of aromatic amines is 1. The standard InChI is InChI=1S/C11H18N2O/c1-8-7-11(9(2)13-8)14-10-3-5-12-6-4-10/h7,10,12-13H,3-6H2,1-2H3. The number of hydrogen-bond acceptors (Lipinski definition) is 2. The molecular formula is C11H18N2O. The van der Waals surface area contributed by atoms with Gasteiger partial charge in [-0.1, -0.05) is 0 Å². The van der Waals surface area contributed by atoms with Gasteiger partial charge in [-0.2, -0.15) is 0 Å². The first-order chi connectivity index (χ1) is 6.75. The second-order valence-electron chi connectivity index (χ2n) is 4.01. The van der Waals surface area contributed by atoms with E-state index < -0.39 is 0 Å². The molecule has 1 aliphatic heterocycles. The summed E-state index contributed by atoms with van der Waals surface area (Å²) < 4.78 is 5.94. The molecule has 78 valence electrons. The highest BCUT2D eigenvalue weighted by molar-refractivity contribution is 5.31. The van der Waals surface area contributed by atoms with Crippen molar-refractivity contribution in [2.75, 3.05) is 13.1 Å². The van der Waals surface area contributed by atoms with Crippen LogP contribution in [0.5, 0.6) is 5.75 Å². The molecule has 0 amide bonds. The van der Waals surface area contributed by atoms with Gasteiger partial charge in [0.05, 0.1) is 5.69 Å². The van der Waals surface area contributed by atoms with E-state index in [1.54, 1.807) is 0 Å². The molecule has 2 N–H and O–H groups in total. The van der Waals surface area contributed by atoms with Gasteiger partial charge in [0.2, 0.25) is 0 Å². The van der Waals surface area contributed by atoms with Crippen molar-refractivity contribution in [2.45, 2.75) is 32.8 Å². The van der Waals surface area contributed by atoms with E-state index in [1.165, 1.54) is 5.69 Å². The summed E-state index contributed by atoms with van der Waals surface area (Å²) >= 11 is 0. The summed E-state index contributed by atoms with van der Waals surface area (Å²) in [6, 6.07) is 2.08. The number of hydrogen-bond donors (Lipinski definition) is 2. The van der Waals surface area contributed by atoms with Gasteiger partial charge in [0.1, 0.15) is 11.9 Å². The average Bonchev–Trinajstić information content (AvgIpc) is 2.47. The number of aryl methyl sites for hydroxylation is 2. The lowest BCUT2D eigenvalue weighted by Crippen LogP contribution is -2.34. The fraction of sp³-hybridized carbons (Fsp3) is 0.636. The summed E-state index contributed by atoms with van der Waals surface area (Å²) in [5.41, 5.74) is 2.31. The van der Waals surface area contributed by atoms with E-state index in [9.17, 15) is 0 Å². The molecule has 3 nitrogen and oxygen atoms in total. The molecule has 0 spiro atoms. The third-order valence-corrected chi connectivity index (χ3v) is 2.68. The van der Waals surface area contributed by atoms with E-state index in [-0.39, 0.29) is 0 Å². The molecule has 1 fully saturated rings. The third kappa shape index (κ3) is 2.10. The third-order valence-electron chi connectivity index (χ3n) is 2.68. The van der Waals surface area contributed by atoms with Crippen LogP contribution in [-0.2, 0) is 0 Å². The van der Waals surface area contributed by atoms with Gasteiger partial charge in [0.25, 0.3) is 0 Å². The quantitative estimate of drug-likeness (QED) is 0.752. The van der Waals surface area contributed by atoms with Crippen LogP contribution >= 0.6 is 0 Å². The van der Waals surface area contributed by atoms with Crippen LogP contribution in [0.4, 0.5) is 0 Å². The maximum Gasteiger partial charge on any atom is 0.140 e. The lowest BCUT2D eigenvalue weighted by molar-refractivity contribution is 0.161. The number of aromatic nitrogens is 1. The molecule has 0 radical (unpaired) electrons. The molecule has 3 heteroatoms. The summed E-state index contributed by atoms with van der Waals surface area (Å²) in [6.45, 7) is 6.27. The van der Waals surface area contributed by atoms with Crippen molar-refractivity contribution < 1.29 is 4.74 Å². The van der Waals surface area contributed by atoms with Crippen molar-refractivity contribution in [3.8, 4) is 5.75 Å². The molecule has 1 aromatic heterocycles. The van der Waals surface area contributed by atoms with Gasteiger partial charge in [0, 0.05) is 11.8 Å². The Kier molecular flexibility index (Phi) is 2.77. The van der Waals surface area contributed by atoms with E-state index in [0.29, 0.717) is 6.10 Å². The van der Waals surface area contributed by atoms with Crippen LogP contribution in [0.2, 0.25) is 0 Å². The van der Waals surface area contributed by atoms with Crippen LogP contribution in [0.15, 0.2) is 6.07 Å². The summed E-state index contributed by atoms with van der Waals surface area (Å²) in [5.74, 6) is 1.02. The Labute approximate surface area is 84.9 Å². The van der Waals surface area contributed by atoms with Crippen LogP contribution in [0, 0.1) is 13.8 Å². The molecule has 2 rings (SSSR count). The fourth-order valence-corrected chi connectivity index (χ4v) is 1.91. The number of H-pyrrole nitrogens is 1. The van der Waals surface area contributed by atoms with Gasteiger partial charge in [-0.25, -0.2) is 0 Å². The van der Waals surface area contributed by atoms with E-state index >= 15 is 0 Å². The minimum absolute atomic E-state index is 0.394. The molecular weight excluding hydrogens is 176 g/mol. The molecule has 0 atom stereocenters. The average molecular weight is 194 g/mol. The maximum atomic E-state index is 5.94. The Morgan fingerprint density at radius 3 is 2.57 bits per heavy atom. The van der Waals surface area contributed by atoms with E-state index in [4.69, 9.17) is 4.74 Å². The summed E-state index contributed by atoms with van der Waals surface area (Å²) in [7, 11) is 0. The van der Waals surface area contributed by atoms with Gasteiger partial charge in [-0.05, 0) is 39.8 Å². The minimum Gasteiger partial charge on any atom is -0.488 e. The zero-order valence-electron chi connectivity index (χ0n) is 8.89. The van der Waals surface area contributed by atoms with Crippen molar-refractivity contribution in [3.05, 3.63) is 17.5 Å². The van der Waals surface area contributed by atoms with Crippen LogP contribution in [0.3, 0.4) is 0 Å². The second kappa shape index (κ2) is 4.05. The van der Waals surface area contributed by atoms with E-state index in [0.717, 1.165) is 37.4 Å². The number of piperidine rings is 1. The highest BCUT2D eigenvalue weighted by atomic mass is 16.5. The Bertz CT molecular complexity index is 300. The van der Waals surface area contributed by atoms with Gasteiger partial charge in [-0.15, -0.1) is 0 Å². The van der Waals surface area contributed by atoms with Crippen LogP contribution < -0.4 is 10.1 Å². The zero-order chi connectivity index (χ0) is 9.97. The van der Waals surface area contributed by atoms with Crippen molar-refractivity contribution >= 4 is 0 Å². The maximum absolute atomic E-state index is 5.94. The van der Waals surface area contributed by atoms with E-state index in [2.05, 4.69) is 30.2 Å². The predicted octanol–water partition coefficient (Wildman–Crippen LogP) is 1.76. The first-order valence-corrected chi connectivity index (χ1v) is 5.29. The van der Waals surface area contributed by atoms with E-state index in [1.807, 2.05) is 0 Å². The van der Waals surface area contributed by atoms with Crippen LogP contribution in [0.25, 0.3) is 0 Å². The molecule has 1 aromatic rings. The van der Waals surface area contributed by atoms with Gasteiger partial charge < -0.3 is 15.0 Å². The Morgan fingerprint density at radius 2 is 2.00 bits per heavy atom. The molecule has 14 heavy (non-hydrogen) atoms. The molecule has 1 aliphatic rings. The highest BCUT2D eigenvalue weighted by Gasteiger charge is 2.15. The van der Waals surface area contributed by atoms with Crippen molar-refractivity contribution in [2.24, 2.45) is 0 Å². The highest BCUT2D eigenvalue weighted by Crippen LogP contribution is 2.22. The topological polar surface area (TPSA) is 37.0 Å². The van der Waals surface area contributed by atoms with Gasteiger partial charge in [-0.3, -0.25) is 0 Å². The van der Waals surface area contributed by atoms with Gasteiger partial charge >= 0.3 is 0 Å². The zero-order valence-corrected chi connectivity index (χ0v) is 8.89. The normalized spacial score (nSPS) is 18.4. The Balaban J connectivity index is 1.98. The summed E-state index contributed by atoms with van der Waals surface area (Å²) in [6.07, 6.45) is 2.62. The first-order valence-electron chi connectivity index (χ1n) is 5.29. The predicted molar refractivity (Wildman–Crippen MR) is 56.8 cm³/mol. The molecule has 2 heterocycles. The smallest absolute Gasteiger partial charge is 0.140 e. The minimum atomic E-state index is 0.394. The summed E-state index contributed by atoms with van der Waals surface area (Å²) in [5, 5.41) is 3.33. The molecule has 0 unspecified atom stereocenters. The molecule has 0 saturated carbocycles. The number of rotatable bonds is 2. The molecule has 0 bridgehead atoms. The fourth-order valence-electron chi connectivity index (χ4n) is 1.91. The SMILES string of the molecule is Cc1cc(OC2CCNCC2)c(C)[nH]1. The lowest BCUT2D eigenvalue weighted by atomic mass is 10.1. The van der Waals surface area contributed by atoms with Crippen LogP contribution in [0.1, 0.15) is 24.2 Å². The molecule has 1 saturated heterocycles. The number of nitrogens with one attached hydrogen (secondary N) is 2. The van der Waals surface area contributed by atoms with Gasteiger partial charge in [0.15, 0.2) is 0 Å². The Morgan fingerprint density at radius 1 is 1.29 bits per heavy atom. The first kappa shape index (κ1) is 9.59. The number of ether oxygens (including phenoxy) is 1. The largest absolute Gasteiger partial charge is 0.488 e. The summed E-state index contributed by atoms with van der Waals surface area (Å²) in [4.78, 5) is 3.26. The second-order valence-corrected chi connectivity index (χ2v) is 4.01.